The number of carbonyl (C=O) groups excluding carboxylic acids is 1. The van der Waals surface area contributed by atoms with Gasteiger partial charge < -0.3 is 10.1 Å². The number of benzene rings is 1. The first-order valence-electron chi connectivity index (χ1n) is 9.95. The van der Waals surface area contributed by atoms with Crippen molar-refractivity contribution >= 4 is 23.8 Å². The van der Waals surface area contributed by atoms with Crippen LogP contribution in [0.4, 0.5) is 11.5 Å². The summed E-state index contributed by atoms with van der Waals surface area (Å²) in [5.41, 5.74) is 5.39. The molecule has 6 heteroatoms. The van der Waals surface area contributed by atoms with Crippen molar-refractivity contribution in [3.63, 3.8) is 0 Å². The van der Waals surface area contributed by atoms with Crippen molar-refractivity contribution in [3.05, 3.63) is 91.3 Å². The Morgan fingerprint density at radius 1 is 1.03 bits per heavy atom. The Morgan fingerprint density at radius 3 is 2.28 bits per heavy atom. The van der Waals surface area contributed by atoms with Gasteiger partial charge in [-0.15, -0.1) is 13.2 Å². The Kier molecular flexibility index (Phi) is 8.03. The molecular formula is C26H27N5O. The third-order valence-corrected chi connectivity index (χ3v) is 4.72. The maximum atomic E-state index is 9.48. The summed E-state index contributed by atoms with van der Waals surface area (Å²) < 4.78 is 1.78. The van der Waals surface area contributed by atoms with Gasteiger partial charge in [0, 0.05) is 23.6 Å². The second-order valence-corrected chi connectivity index (χ2v) is 7.76. The quantitative estimate of drug-likeness (QED) is 0.412. The van der Waals surface area contributed by atoms with E-state index in [2.05, 4.69) is 74.6 Å². The Balaban J connectivity index is 0.000000860. The van der Waals surface area contributed by atoms with Gasteiger partial charge in [-0.3, -0.25) is 4.98 Å². The van der Waals surface area contributed by atoms with E-state index >= 15 is 0 Å². The molecule has 3 heterocycles. The molecule has 0 saturated carbocycles. The molecule has 32 heavy (non-hydrogen) atoms. The van der Waals surface area contributed by atoms with Crippen molar-refractivity contribution in [2.24, 2.45) is 0 Å². The largest absolute Gasteiger partial charge is 0.340 e. The maximum Gasteiger partial charge on any atom is 0.132 e. The van der Waals surface area contributed by atoms with E-state index in [1.54, 1.807) is 16.9 Å². The van der Waals surface area contributed by atoms with Crippen LogP contribution in [0.3, 0.4) is 0 Å². The van der Waals surface area contributed by atoms with Crippen LogP contribution < -0.4 is 5.32 Å². The third kappa shape index (κ3) is 5.27. The normalized spacial score (nSPS) is 10.2. The lowest BCUT2D eigenvalue weighted by Gasteiger charge is -2.19. The number of aromatic nitrogens is 3. The van der Waals surface area contributed by atoms with Crippen LogP contribution in [-0.2, 0) is 10.2 Å². The summed E-state index contributed by atoms with van der Waals surface area (Å²) in [7, 11) is 0. The van der Waals surface area contributed by atoms with E-state index in [0.29, 0.717) is 5.56 Å². The lowest BCUT2D eigenvalue weighted by molar-refractivity contribution is -0.0979. The standard InChI is InChI=1S/C23H21N5.C2H4.CH2O/c1-23(2,3)18-7-9-19(10-8-18)26-22-11-6-16(14-24)21-13-20(27-28(21)22)17-5-4-12-25-15-17;2*1-2/h4-13,15,26H,1-3H3;1-2H2;1H2. The van der Waals surface area contributed by atoms with Crippen molar-refractivity contribution < 1.29 is 4.79 Å². The Hall–Kier alpha value is -4.24. The number of nitrogens with one attached hydrogen (secondary N) is 1. The molecule has 0 atom stereocenters. The molecule has 4 aromatic rings. The topological polar surface area (TPSA) is 83.1 Å². The minimum Gasteiger partial charge on any atom is -0.340 e. The van der Waals surface area contributed by atoms with Gasteiger partial charge in [-0.05, 0) is 53.4 Å². The highest BCUT2D eigenvalue weighted by atomic mass is 16.1. The van der Waals surface area contributed by atoms with E-state index in [9.17, 15) is 5.26 Å². The molecule has 0 bridgehead atoms. The van der Waals surface area contributed by atoms with Gasteiger partial charge in [0.1, 0.15) is 18.7 Å². The molecule has 0 aliphatic rings. The number of nitriles is 1. The van der Waals surface area contributed by atoms with E-state index < -0.39 is 0 Å². The number of hydrogen-bond acceptors (Lipinski definition) is 5. The van der Waals surface area contributed by atoms with Gasteiger partial charge in [0.05, 0.1) is 16.8 Å². The van der Waals surface area contributed by atoms with Crippen molar-refractivity contribution in [2.45, 2.75) is 26.2 Å². The van der Waals surface area contributed by atoms with E-state index in [4.69, 9.17) is 9.89 Å². The lowest BCUT2D eigenvalue weighted by Crippen LogP contribution is -2.10. The van der Waals surface area contributed by atoms with Crippen LogP contribution in [0.5, 0.6) is 0 Å². The van der Waals surface area contributed by atoms with Gasteiger partial charge in [-0.1, -0.05) is 32.9 Å². The van der Waals surface area contributed by atoms with Crippen molar-refractivity contribution in [2.75, 3.05) is 5.32 Å². The number of pyridine rings is 2. The van der Waals surface area contributed by atoms with Crippen LogP contribution in [0.2, 0.25) is 0 Å². The van der Waals surface area contributed by atoms with E-state index in [1.807, 2.05) is 37.1 Å². The molecule has 1 aromatic carbocycles. The summed E-state index contributed by atoms with van der Waals surface area (Å²) in [5.74, 6) is 0.799. The maximum absolute atomic E-state index is 9.48. The molecule has 0 aliphatic heterocycles. The zero-order valence-corrected chi connectivity index (χ0v) is 18.7. The van der Waals surface area contributed by atoms with Crippen LogP contribution in [0, 0.1) is 11.3 Å². The SMILES string of the molecule is C=C.C=O.CC(C)(C)c1ccc(Nc2ccc(C#N)c3cc(-c4cccnc4)nn23)cc1. The van der Waals surface area contributed by atoms with Crippen LogP contribution in [0.1, 0.15) is 31.9 Å². The van der Waals surface area contributed by atoms with E-state index in [0.717, 1.165) is 28.3 Å². The first-order chi connectivity index (χ1) is 15.5. The lowest BCUT2D eigenvalue weighted by atomic mass is 9.87. The fourth-order valence-corrected chi connectivity index (χ4v) is 3.12. The summed E-state index contributed by atoms with van der Waals surface area (Å²) in [6, 6.07) is 20.1. The highest BCUT2D eigenvalue weighted by Crippen LogP contribution is 2.27. The van der Waals surface area contributed by atoms with Crippen molar-refractivity contribution in [3.8, 4) is 17.3 Å². The summed E-state index contributed by atoms with van der Waals surface area (Å²) in [6.45, 7) is 14.6. The molecule has 3 aromatic heterocycles. The second-order valence-electron chi connectivity index (χ2n) is 7.76. The van der Waals surface area contributed by atoms with Crippen LogP contribution in [-0.4, -0.2) is 21.4 Å². The summed E-state index contributed by atoms with van der Waals surface area (Å²) in [5, 5.41) is 17.6. The Morgan fingerprint density at radius 2 is 1.72 bits per heavy atom. The number of anilines is 2. The predicted molar refractivity (Wildman–Crippen MR) is 130 cm³/mol. The minimum atomic E-state index is 0.112. The van der Waals surface area contributed by atoms with Crippen LogP contribution >= 0.6 is 0 Å². The van der Waals surface area contributed by atoms with E-state index in [-0.39, 0.29) is 5.41 Å². The van der Waals surface area contributed by atoms with Gasteiger partial charge in [-0.2, -0.15) is 10.4 Å². The minimum absolute atomic E-state index is 0.112. The zero-order valence-electron chi connectivity index (χ0n) is 18.7. The Labute approximate surface area is 188 Å². The first-order valence-corrected chi connectivity index (χ1v) is 9.95. The smallest absolute Gasteiger partial charge is 0.132 e. The average molecular weight is 426 g/mol. The fourth-order valence-electron chi connectivity index (χ4n) is 3.12. The molecule has 1 N–H and O–H groups in total. The first kappa shape index (κ1) is 24.0. The highest BCUT2D eigenvalue weighted by Gasteiger charge is 2.14. The molecule has 0 aliphatic carbocycles. The molecule has 0 unspecified atom stereocenters. The van der Waals surface area contributed by atoms with Crippen molar-refractivity contribution in [1.82, 2.24) is 14.6 Å². The monoisotopic (exact) mass is 425 g/mol. The summed E-state index contributed by atoms with van der Waals surface area (Å²) >= 11 is 0. The molecule has 0 amide bonds. The number of nitrogens with zero attached hydrogens (tertiary/aromatic N) is 4. The third-order valence-electron chi connectivity index (χ3n) is 4.72. The summed E-state index contributed by atoms with van der Waals surface area (Å²) in [4.78, 5) is 12.2. The van der Waals surface area contributed by atoms with Crippen LogP contribution in [0.25, 0.3) is 16.8 Å². The molecule has 4 rings (SSSR count). The Bertz CT molecular complexity index is 1200. The number of hydrogen-bond donors (Lipinski definition) is 1. The molecule has 0 radical (unpaired) electrons. The number of carbonyl (C=O) groups is 1. The molecular weight excluding hydrogens is 398 g/mol. The molecule has 0 saturated heterocycles. The van der Waals surface area contributed by atoms with E-state index in [1.165, 1.54) is 5.56 Å². The van der Waals surface area contributed by atoms with Gasteiger partial charge in [0.25, 0.3) is 0 Å². The average Bonchev–Trinajstić information content (AvgIpc) is 3.28. The van der Waals surface area contributed by atoms with Crippen LogP contribution in [0.15, 0.2) is 80.1 Å². The van der Waals surface area contributed by atoms with Gasteiger partial charge in [-0.25, -0.2) is 4.52 Å². The van der Waals surface area contributed by atoms with Gasteiger partial charge in [0.2, 0.25) is 0 Å². The molecule has 162 valence electrons. The van der Waals surface area contributed by atoms with Gasteiger partial charge in [0.15, 0.2) is 0 Å². The molecule has 0 spiro atoms. The second kappa shape index (κ2) is 10.7. The highest BCUT2D eigenvalue weighted by molar-refractivity contribution is 5.73. The zero-order chi connectivity index (χ0) is 23.7. The number of rotatable bonds is 3. The summed E-state index contributed by atoms with van der Waals surface area (Å²) in [6.07, 6.45) is 3.50. The fraction of sp³-hybridized carbons (Fsp3) is 0.154. The van der Waals surface area contributed by atoms with Crippen molar-refractivity contribution in [1.29, 1.82) is 5.26 Å². The van der Waals surface area contributed by atoms with Gasteiger partial charge >= 0.3 is 0 Å². The predicted octanol–water partition coefficient (Wildman–Crippen LogP) is 5.93. The number of fused-ring (bicyclic) bond motifs is 1. The molecule has 6 nitrogen and oxygen atoms in total. The molecule has 0 fully saturated rings.